The lowest BCUT2D eigenvalue weighted by Crippen LogP contribution is -2.46. The number of fused-ring (bicyclic) bond motifs is 1. The minimum absolute atomic E-state index is 0.0344. The molecule has 3 aromatic carbocycles. The van der Waals surface area contributed by atoms with E-state index in [4.69, 9.17) is 23.2 Å². The number of halogens is 2. The largest absolute Gasteiger partial charge is 0.508 e. The van der Waals surface area contributed by atoms with Crippen molar-refractivity contribution in [2.75, 3.05) is 25.0 Å². The smallest absolute Gasteiger partial charge is 0.250 e. The Hall–Kier alpha value is -3.06. The van der Waals surface area contributed by atoms with Crippen LogP contribution in [0, 0.1) is 6.92 Å². The molecule has 0 saturated carbocycles. The van der Waals surface area contributed by atoms with Crippen LogP contribution in [0.5, 0.6) is 5.75 Å². The molecule has 0 aliphatic carbocycles. The van der Waals surface area contributed by atoms with Crippen LogP contribution in [-0.2, 0) is 4.79 Å². The molecule has 1 saturated heterocycles. The zero-order valence-corrected chi connectivity index (χ0v) is 21.7. The number of aliphatic imine (C=N–C) groups is 1. The molecule has 5 rings (SSSR count). The van der Waals surface area contributed by atoms with Gasteiger partial charge in [-0.1, -0.05) is 29.3 Å². The number of benzene rings is 3. The number of phenolic OH excluding ortho intramolecular Hbond substituents is 1. The van der Waals surface area contributed by atoms with E-state index in [9.17, 15) is 9.90 Å². The fourth-order valence-corrected chi connectivity index (χ4v) is 5.52. The average Bonchev–Trinajstić information content (AvgIpc) is 3.36. The topological polar surface area (TPSA) is 68.2 Å². The van der Waals surface area contributed by atoms with Crippen LogP contribution in [0.3, 0.4) is 0 Å². The first-order valence-corrected chi connectivity index (χ1v) is 12.8. The van der Waals surface area contributed by atoms with E-state index < -0.39 is 6.04 Å². The molecule has 2 aliphatic heterocycles. The highest BCUT2D eigenvalue weighted by Crippen LogP contribution is 2.41. The summed E-state index contributed by atoms with van der Waals surface area (Å²) in [5, 5.41) is 14.6. The number of hydrogen-bond donors (Lipinski definition) is 2. The summed E-state index contributed by atoms with van der Waals surface area (Å²) in [6, 6.07) is 16.0. The van der Waals surface area contributed by atoms with Gasteiger partial charge < -0.3 is 20.2 Å². The van der Waals surface area contributed by atoms with E-state index in [1.54, 1.807) is 29.4 Å². The Morgan fingerprint density at radius 3 is 2.75 bits per heavy atom. The van der Waals surface area contributed by atoms with Gasteiger partial charge in [0.15, 0.2) is 0 Å². The van der Waals surface area contributed by atoms with Gasteiger partial charge in [0.2, 0.25) is 5.91 Å². The van der Waals surface area contributed by atoms with Crippen LogP contribution >= 0.6 is 23.2 Å². The maximum atomic E-state index is 14.1. The molecule has 0 bridgehead atoms. The Balaban J connectivity index is 1.60. The molecule has 1 amide bonds. The van der Waals surface area contributed by atoms with Crippen LogP contribution in [0.2, 0.25) is 10.0 Å². The van der Waals surface area contributed by atoms with E-state index in [1.165, 1.54) is 0 Å². The molecule has 1 fully saturated rings. The predicted octanol–water partition coefficient (Wildman–Crippen LogP) is 6.11. The van der Waals surface area contributed by atoms with Crippen LogP contribution in [0.1, 0.15) is 30.0 Å². The second-order valence-corrected chi connectivity index (χ2v) is 10.3. The van der Waals surface area contributed by atoms with Gasteiger partial charge >= 0.3 is 0 Å². The average molecular weight is 523 g/mol. The van der Waals surface area contributed by atoms with Gasteiger partial charge in [0.05, 0.1) is 12.0 Å². The summed E-state index contributed by atoms with van der Waals surface area (Å²) in [5.41, 5.74) is 4.76. The number of likely N-dealkylation sites (N-methyl/N-ethyl adjacent to an activating group) is 1. The van der Waals surface area contributed by atoms with Crippen molar-refractivity contribution in [1.29, 1.82) is 0 Å². The third kappa shape index (κ3) is 4.94. The molecule has 6 nitrogen and oxygen atoms in total. The summed E-state index contributed by atoms with van der Waals surface area (Å²) in [4.78, 5) is 22.4. The summed E-state index contributed by atoms with van der Waals surface area (Å²) >= 11 is 12.9. The van der Waals surface area contributed by atoms with Gasteiger partial charge in [0.1, 0.15) is 11.8 Å². The molecule has 0 aromatic heterocycles. The maximum absolute atomic E-state index is 14.1. The van der Waals surface area contributed by atoms with E-state index >= 15 is 0 Å². The molecule has 8 heteroatoms. The first kappa shape index (κ1) is 24.6. The molecular weight excluding hydrogens is 495 g/mol. The monoisotopic (exact) mass is 522 g/mol. The molecular formula is C28H28Cl2N4O2. The Labute approximate surface area is 221 Å². The summed E-state index contributed by atoms with van der Waals surface area (Å²) in [7, 11) is 1.85. The van der Waals surface area contributed by atoms with E-state index in [2.05, 4.69) is 10.3 Å². The molecule has 36 heavy (non-hydrogen) atoms. The maximum Gasteiger partial charge on any atom is 0.250 e. The van der Waals surface area contributed by atoms with Gasteiger partial charge in [-0.2, -0.15) is 0 Å². The highest BCUT2D eigenvalue weighted by molar-refractivity contribution is 6.33. The molecule has 2 heterocycles. The number of carbonyl (C=O) groups excluding carboxylic acids is 1. The van der Waals surface area contributed by atoms with Crippen molar-refractivity contribution in [1.82, 2.24) is 10.2 Å². The van der Waals surface area contributed by atoms with Gasteiger partial charge in [0.25, 0.3) is 0 Å². The Kier molecular flexibility index (Phi) is 6.93. The van der Waals surface area contributed by atoms with Crippen molar-refractivity contribution in [3.8, 4) is 16.9 Å². The number of aromatic hydroxyl groups is 1. The minimum atomic E-state index is -0.641. The second-order valence-electron chi connectivity index (χ2n) is 9.49. The predicted molar refractivity (Wildman–Crippen MR) is 147 cm³/mol. The highest BCUT2D eigenvalue weighted by atomic mass is 35.5. The number of amides is 1. The third-order valence-corrected chi connectivity index (χ3v) is 7.32. The molecule has 0 radical (unpaired) electrons. The van der Waals surface area contributed by atoms with Gasteiger partial charge in [-0.3, -0.25) is 4.79 Å². The van der Waals surface area contributed by atoms with Crippen LogP contribution < -0.4 is 10.2 Å². The first-order chi connectivity index (χ1) is 17.3. The number of aryl methyl sites for hydroxylation is 1. The van der Waals surface area contributed by atoms with Crippen LogP contribution in [-0.4, -0.2) is 48.4 Å². The molecule has 2 aliphatic rings. The standard InChI is InChI=1S/C28H28Cl2N4O2/c1-17-10-19(29)13-21(11-17)34-16-32-26-8-5-18(23-14-22(35)6-7-25(23)30)12-24(26)27(34)28(36)33(2)15-20-4-3-9-31-20/h5-8,10-14,16,20,27,31,35H,3-4,9,15H2,1-2H3/t20-,27?/m0/s1. The molecule has 1 unspecified atom stereocenters. The molecule has 186 valence electrons. The molecule has 2 atom stereocenters. The number of phenols is 1. The number of carbonyl (C=O) groups is 1. The van der Waals surface area contributed by atoms with E-state index in [0.29, 0.717) is 22.2 Å². The first-order valence-electron chi connectivity index (χ1n) is 12.0. The van der Waals surface area contributed by atoms with Crippen molar-refractivity contribution in [2.24, 2.45) is 4.99 Å². The number of hydrogen-bond acceptors (Lipinski definition) is 5. The zero-order valence-electron chi connectivity index (χ0n) is 20.2. The van der Waals surface area contributed by atoms with E-state index in [-0.39, 0.29) is 17.7 Å². The lowest BCUT2D eigenvalue weighted by atomic mass is 9.94. The fourth-order valence-electron chi connectivity index (χ4n) is 5.01. The van der Waals surface area contributed by atoms with E-state index in [1.807, 2.05) is 55.3 Å². The van der Waals surface area contributed by atoms with Crippen molar-refractivity contribution >= 4 is 46.8 Å². The van der Waals surface area contributed by atoms with Crippen LogP contribution in [0.4, 0.5) is 11.4 Å². The Bertz CT molecular complexity index is 1320. The Morgan fingerprint density at radius 2 is 2.00 bits per heavy atom. The summed E-state index contributed by atoms with van der Waals surface area (Å²) < 4.78 is 0. The normalized spacial score (nSPS) is 18.8. The van der Waals surface area contributed by atoms with Crippen molar-refractivity contribution in [3.63, 3.8) is 0 Å². The van der Waals surface area contributed by atoms with Crippen LogP contribution in [0.15, 0.2) is 59.6 Å². The number of nitrogens with one attached hydrogen (secondary N) is 1. The number of nitrogens with zero attached hydrogens (tertiary/aromatic N) is 3. The lowest BCUT2D eigenvalue weighted by molar-refractivity contribution is -0.131. The minimum Gasteiger partial charge on any atom is -0.508 e. The summed E-state index contributed by atoms with van der Waals surface area (Å²) in [6.45, 7) is 3.58. The summed E-state index contributed by atoms with van der Waals surface area (Å²) in [6.07, 6.45) is 3.88. The number of rotatable bonds is 5. The lowest BCUT2D eigenvalue weighted by Gasteiger charge is -2.36. The SMILES string of the molecule is Cc1cc(Cl)cc(N2C=Nc3ccc(-c4cc(O)ccc4Cl)cc3C2C(=O)N(C)C[C@@H]2CCCN2)c1. The van der Waals surface area contributed by atoms with Crippen LogP contribution in [0.25, 0.3) is 11.1 Å². The van der Waals surface area contributed by atoms with Gasteiger partial charge in [-0.25, -0.2) is 4.99 Å². The fraction of sp³-hybridized carbons (Fsp3) is 0.286. The molecule has 0 spiro atoms. The van der Waals surface area contributed by atoms with Crippen molar-refractivity contribution < 1.29 is 9.90 Å². The van der Waals surface area contributed by atoms with Crippen molar-refractivity contribution in [3.05, 3.63) is 75.8 Å². The number of anilines is 1. The quantitative estimate of drug-likeness (QED) is 0.424. The second kappa shape index (κ2) is 10.1. The zero-order chi connectivity index (χ0) is 25.4. The van der Waals surface area contributed by atoms with Gasteiger partial charge in [0, 0.05) is 46.5 Å². The molecule has 3 aromatic rings. The van der Waals surface area contributed by atoms with E-state index in [0.717, 1.165) is 47.5 Å². The third-order valence-electron chi connectivity index (χ3n) is 6.77. The van der Waals surface area contributed by atoms with Crippen molar-refractivity contribution in [2.45, 2.75) is 31.8 Å². The highest BCUT2D eigenvalue weighted by Gasteiger charge is 2.35. The summed E-state index contributed by atoms with van der Waals surface area (Å²) in [5.74, 6) is 0.0884. The molecule has 2 N–H and O–H groups in total. The van der Waals surface area contributed by atoms with Gasteiger partial charge in [-0.15, -0.1) is 0 Å². The Morgan fingerprint density at radius 1 is 1.17 bits per heavy atom. The van der Waals surface area contributed by atoms with Gasteiger partial charge in [-0.05, 0) is 86.0 Å².